The lowest BCUT2D eigenvalue weighted by molar-refractivity contribution is 0.240. The van der Waals surface area contributed by atoms with Crippen LogP contribution in [-0.2, 0) is 0 Å². The van der Waals surface area contributed by atoms with Crippen LogP contribution >= 0.6 is 11.5 Å². The van der Waals surface area contributed by atoms with Crippen molar-refractivity contribution in [3.05, 3.63) is 24.5 Å². The van der Waals surface area contributed by atoms with Gasteiger partial charge in [0.05, 0.1) is 18.2 Å². The van der Waals surface area contributed by atoms with Gasteiger partial charge in [-0.3, -0.25) is 4.98 Å². The summed E-state index contributed by atoms with van der Waals surface area (Å²) >= 11 is 1.42. The molecule has 1 fully saturated rings. The first kappa shape index (κ1) is 13.3. The van der Waals surface area contributed by atoms with E-state index in [1.807, 2.05) is 12.1 Å². The molecule has 2 aromatic heterocycles. The highest BCUT2D eigenvalue weighted by molar-refractivity contribution is 7.11. The summed E-state index contributed by atoms with van der Waals surface area (Å²) in [5, 5.41) is 10.7. The number of aliphatic hydroxyl groups excluding tert-OH is 1. The van der Waals surface area contributed by atoms with Crippen molar-refractivity contribution in [2.24, 2.45) is 0 Å². The van der Waals surface area contributed by atoms with Gasteiger partial charge in [-0.25, -0.2) is 0 Å². The van der Waals surface area contributed by atoms with E-state index < -0.39 is 0 Å². The number of anilines is 2. The van der Waals surface area contributed by atoms with Crippen LogP contribution in [0, 0.1) is 0 Å². The second kappa shape index (κ2) is 5.76. The second-order valence-electron chi connectivity index (χ2n) is 5.01. The molecule has 1 saturated heterocycles. The number of pyridine rings is 1. The Kier molecular flexibility index (Phi) is 3.84. The van der Waals surface area contributed by atoms with Crippen LogP contribution in [-0.4, -0.2) is 33.7 Å². The number of nitrogens with zero attached hydrogens (tertiary/aromatic N) is 3. The minimum Gasteiger partial charge on any atom is -0.394 e. The van der Waals surface area contributed by atoms with Crippen LogP contribution in [0.25, 0.3) is 11.1 Å². The molecule has 1 aliphatic heterocycles. The van der Waals surface area contributed by atoms with Crippen LogP contribution in [0.1, 0.15) is 19.3 Å². The Morgan fingerprint density at radius 3 is 2.90 bits per heavy atom. The van der Waals surface area contributed by atoms with Crippen LogP contribution in [0.5, 0.6) is 0 Å². The number of aliphatic hydroxyl groups is 1. The van der Waals surface area contributed by atoms with Gasteiger partial charge in [0.15, 0.2) is 0 Å². The summed E-state index contributed by atoms with van der Waals surface area (Å²) in [5.41, 5.74) is 8.06. The van der Waals surface area contributed by atoms with Crippen molar-refractivity contribution in [2.75, 3.05) is 23.8 Å². The molecule has 0 aliphatic carbocycles. The van der Waals surface area contributed by atoms with Crippen LogP contribution in [0.15, 0.2) is 24.5 Å². The first-order valence-corrected chi connectivity index (χ1v) is 7.61. The summed E-state index contributed by atoms with van der Waals surface area (Å²) in [6.07, 6.45) is 6.85. The normalized spacial score (nSPS) is 19.2. The van der Waals surface area contributed by atoms with Gasteiger partial charge in [-0.2, -0.15) is 4.37 Å². The Labute approximate surface area is 122 Å². The SMILES string of the molecule is Nc1nsc(N2CCCCC2CO)c1-c1ccncc1. The molecule has 0 amide bonds. The number of rotatable bonds is 3. The van der Waals surface area contributed by atoms with E-state index in [0.717, 1.165) is 35.5 Å². The van der Waals surface area contributed by atoms with Gasteiger partial charge in [0.25, 0.3) is 0 Å². The maximum atomic E-state index is 9.59. The maximum Gasteiger partial charge on any atom is 0.147 e. The molecule has 1 aliphatic rings. The molecule has 1 atom stereocenters. The number of hydrogen-bond acceptors (Lipinski definition) is 6. The monoisotopic (exact) mass is 290 g/mol. The van der Waals surface area contributed by atoms with Gasteiger partial charge in [-0.05, 0) is 48.5 Å². The average molecular weight is 290 g/mol. The average Bonchev–Trinajstić information content (AvgIpc) is 2.89. The molecule has 5 nitrogen and oxygen atoms in total. The zero-order valence-electron chi connectivity index (χ0n) is 11.2. The smallest absolute Gasteiger partial charge is 0.147 e. The van der Waals surface area contributed by atoms with E-state index in [0.29, 0.717) is 5.82 Å². The number of hydrogen-bond donors (Lipinski definition) is 2. The predicted molar refractivity (Wildman–Crippen MR) is 81.8 cm³/mol. The van der Waals surface area contributed by atoms with E-state index in [4.69, 9.17) is 5.73 Å². The van der Waals surface area contributed by atoms with Gasteiger partial charge >= 0.3 is 0 Å². The molecule has 106 valence electrons. The van der Waals surface area contributed by atoms with Crippen molar-refractivity contribution in [3.8, 4) is 11.1 Å². The van der Waals surface area contributed by atoms with Crippen LogP contribution < -0.4 is 10.6 Å². The summed E-state index contributed by atoms with van der Waals surface area (Å²) in [5.74, 6) is 0.554. The van der Waals surface area contributed by atoms with Gasteiger partial charge in [0.1, 0.15) is 10.8 Å². The van der Waals surface area contributed by atoms with Crippen LogP contribution in [0.2, 0.25) is 0 Å². The summed E-state index contributed by atoms with van der Waals surface area (Å²) in [6, 6.07) is 4.06. The fourth-order valence-corrected chi connectivity index (χ4v) is 3.67. The molecule has 0 aromatic carbocycles. The predicted octanol–water partition coefficient (Wildman–Crippen LogP) is 2.14. The molecule has 6 heteroatoms. The molecule has 1 unspecified atom stereocenters. The molecule has 3 N–H and O–H groups in total. The minimum absolute atomic E-state index is 0.171. The Morgan fingerprint density at radius 2 is 2.15 bits per heavy atom. The topological polar surface area (TPSA) is 75.3 Å². The Bertz CT molecular complexity index is 572. The van der Waals surface area contributed by atoms with Crippen LogP contribution in [0.4, 0.5) is 10.8 Å². The van der Waals surface area contributed by atoms with Crippen molar-refractivity contribution >= 4 is 22.4 Å². The fourth-order valence-electron chi connectivity index (χ4n) is 2.74. The number of nitrogens with two attached hydrogens (primary N) is 1. The first-order chi connectivity index (χ1) is 9.81. The molecule has 0 spiro atoms. The quantitative estimate of drug-likeness (QED) is 0.906. The Morgan fingerprint density at radius 1 is 1.35 bits per heavy atom. The zero-order chi connectivity index (χ0) is 13.9. The summed E-state index contributed by atoms with van der Waals surface area (Å²) in [4.78, 5) is 6.30. The van der Waals surface area contributed by atoms with Gasteiger partial charge in [-0.1, -0.05) is 0 Å². The highest BCUT2D eigenvalue weighted by atomic mass is 32.1. The third-order valence-electron chi connectivity index (χ3n) is 3.77. The minimum atomic E-state index is 0.171. The largest absolute Gasteiger partial charge is 0.394 e. The summed E-state index contributed by atoms with van der Waals surface area (Å²) in [7, 11) is 0. The van der Waals surface area contributed by atoms with Crippen molar-refractivity contribution in [2.45, 2.75) is 25.3 Å². The molecule has 0 bridgehead atoms. The number of aromatic nitrogens is 2. The molecular formula is C14H18N4OS. The first-order valence-electron chi connectivity index (χ1n) is 6.84. The molecule has 3 heterocycles. The molecule has 2 aromatic rings. The van der Waals surface area contributed by atoms with Gasteiger partial charge < -0.3 is 15.7 Å². The van der Waals surface area contributed by atoms with E-state index in [2.05, 4.69) is 14.3 Å². The van der Waals surface area contributed by atoms with Crippen molar-refractivity contribution in [3.63, 3.8) is 0 Å². The van der Waals surface area contributed by atoms with Crippen molar-refractivity contribution in [1.82, 2.24) is 9.36 Å². The van der Waals surface area contributed by atoms with E-state index in [9.17, 15) is 5.11 Å². The van der Waals surface area contributed by atoms with Gasteiger partial charge in [0, 0.05) is 18.9 Å². The van der Waals surface area contributed by atoms with E-state index >= 15 is 0 Å². The van der Waals surface area contributed by atoms with E-state index in [1.165, 1.54) is 18.0 Å². The van der Waals surface area contributed by atoms with E-state index in [1.54, 1.807) is 12.4 Å². The lowest BCUT2D eigenvalue weighted by Crippen LogP contribution is -2.41. The highest BCUT2D eigenvalue weighted by Gasteiger charge is 2.27. The molecule has 0 saturated carbocycles. The van der Waals surface area contributed by atoms with Crippen molar-refractivity contribution < 1.29 is 5.11 Å². The standard InChI is InChI=1S/C14H18N4OS/c15-13-12(10-4-6-16-7-5-10)14(20-17-13)18-8-2-1-3-11(18)9-19/h4-7,11,19H,1-3,8-9H2,(H2,15,17). The van der Waals surface area contributed by atoms with E-state index in [-0.39, 0.29) is 12.6 Å². The zero-order valence-corrected chi connectivity index (χ0v) is 12.0. The van der Waals surface area contributed by atoms with Gasteiger partial charge in [-0.15, -0.1) is 0 Å². The lowest BCUT2D eigenvalue weighted by Gasteiger charge is -2.35. The maximum absolute atomic E-state index is 9.59. The molecule has 20 heavy (non-hydrogen) atoms. The summed E-state index contributed by atoms with van der Waals surface area (Å²) in [6.45, 7) is 1.12. The number of nitrogen functional groups attached to an aromatic ring is 1. The molecular weight excluding hydrogens is 272 g/mol. The van der Waals surface area contributed by atoms with Crippen LogP contribution in [0.3, 0.4) is 0 Å². The van der Waals surface area contributed by atoms with Crippen molar-refractivity contribution in [1.29, 1.82) is 0 Å². The Balaban J connectivity index is 2.02. The molecule has 3 rings (SSSR count). The fraction of sp³-hybridized carbons (Fsp3) is 0.429. The second-order valence-corrected chi connectivity index (χ2v) is 5.76. The third-order valence-corrected chi connectivity index (χ3v) is 4.67. The molecule has 0 radical (unpaired) electrons. The number of piperidine rings is 1. The summed E-state index contributed by atoms with van der Waals surface area (Å²) < 4.78 is 4.31. The highest BCUT2D eigenvalue weighted by Crippen LogP contribution is 2.41. The Hall–Kier alpha value is -1.66. The third kappa shape index (κ3) is 2.36. The lowest BCUT2D eigenvalue weighted by atomic mass is 10.0. The van der Waals surface area contributed by atoms with Gasteiger partial charge in [0.2, 0.25) is 0 Å².